The number of hydrogen-bond acceptors (Lipinski definition) is 5. The van der Waals surface area contributed by atoms with Gasteiger partial charge in [-0.15, -0.1) is 0 Å². The number of anilines is 2. The van der Waals surface area contributed by atoms with Crippen molar-refractivity contribution >= 4 is 52.8 Å². The van der Waals surface area contributed by atoms with Crippen LogP contribution in [0.3, 0.4) is 0 Å². The van der Waals surface area contributed by atoms with E-state index in [1.807, 2.05) is 30.3 Å². The average Bonchev–Trinajstić information content (AvgIpc) is 2.85. The Morgan fingerprint density at radius 3 is 2.31 bits per heavy atom. The van der Waals surface area contributed by atoms with Crippen LogP contribution in [0.4, 0.5) is 11.6 Å². The van der Waals surface area contributed by atoms with Gasteiger partial charge in [0.2, 0.25) is 5.95 Å². The summed E-state index contributed by atoms with van der Waals surface area (Å²) in [5.41, 5.74) is 1.91. The lowest BCUT2D eigenvalue weighted by Gasteiger charge is -2.22. The van der Waals surface area contributed by atoms with Crippen molar-refractivity contribution in [1.29, 1.82) is 0 Å². The molecule has 0 bridgehead atoms. The molecule has 35 heavy (non-hydrogen) atoms. The Labute approximate surface area is 214 Å². The number of carbonyl (C=O) groups excluding carboxylic acids is 1. The third kappa shape index (κ3) is 7.28. The van der Waals surface area contributed by atoms with Crippen LogP contribution in [0.25, 0.3) is 6.08 Å². The van der Waals surface area contributed by atoms with Gasteiger partial charge < -0.3 is 15.3 Å². The molecule has 1 aromatic heterocycles. The minimum Gasteiger partial charge on any atom is -0.480 e. The van der Waals surface area contributed by atoms with E-state index in [4.69, 9.17) is 23.2 Å². The Hall–Kier alpha value is -3.42. The zero-order valence-corrected chi connectivity index (χ0v) is 20.7. The SMILES string of the molecule is CCCCN(c1ccc(/C=C/CC(NC(=O)c2c(Cl)cccc2Cl)C(=O)O)cc1)c1ncccn1. The van der Waals surface area contributed by atoms with E-state index in [9.17, 15) is 14.7 Å². The Morgan fingerprint density at radius 1 is 1.06 bits per heavy atom. The van der Waals surface area contributed by atoms with Crippen molar-refractivity contribution in [3.63, 3.8) is 0 Å². The van der Waals surface area contributed by atoms with Gasteiger partial charge in [0.15, 0.2) is 0 Å². The molecule has 0 spiro atoms. The summed E-state index contributed by atoms with van der Waals surface area (Å²) in [6, 6.07) is 13.1. The molecule has 1 heterocycles. The van der Waals surface area contributed by atoms with Gasteiger partial charge in [0.1, 0.15) is 6.04 Å². The number of benzene rings is 2. The number of aliphatic carboxylic acids is 1. The van der Waals surface area contributed by atoms with Crippen LogP contribution in [0, 0.1) is 0 Å². The number of nitrogens with one attached hydrogen (secondary N) is 1. The summed E-state index contributed by atoms with van der Waals surface area (Å²) in [5, 5.41) is 12.3. The lowest BCUT2D eigenvalue weighted by atomic mass is 10.1. The lowest BCUT2D eigenvalue weighted by molar-refractivity contribution is -0.139. The number of halogens is 2. The van der Waals surface area contributed by atoms with Crippen molar-refractivity contribution in [2.75, 3.05) is 11.4 Å². The van der Waals surface area contributed by atoms with E-state index in [1.54, 1.807) is 30.6 Å². The van der Waals surface area contributed by atoms with Crippen molar-refractivity contribution < 1.29 is 14.7 Å². The Bertz CT molecular complexity index is 1150. The van der Waals surface area contributed by atoms with Crippen LogP contribution in [0.5, 0.6) is 0 Å². The summed E-state index contributed by atoms with van der Waals surface area (Å²) in [6.45, 7) is 2.93. The summed E-state index contributed by atoms with van der Waals surface area (Å²) in [7, 11) is 0. The zero-order chi connectivity index (χ0) is 25.2. The molecule has 2 aromatic carbocycles. The first-order chi connectivity index (χ1) is 16.9. The normalized spacial score (nSPS) is 11.9. The van der Waals surface area contributed by atoms with Crippen LogP contribution in [-0.4, -0.2) is 39.5 Å². The number of rotatable bonds is 11. The van der Waals surface area contributed by atoms with Gasteiger partial charge in [-0.05, 0) is 48.7 Å². The van der Waals surface area contributed by atoms with Gasteiger partial charge in [-0.2, -0.15) is 0 Å². The Balaban J connectivity index is 1.67. The maximum Gasteiger partial charge on any atom is 0.326 e. The van der Waals surface area contributed by atoms with E-state index in [2.05, 4.69) is 27.1 Å². The van der Waals surface area contributed by atoms with Gasteiger partial charge in [-0.3, -0.25) is 4.79 Å². The topological polar surface area (TPSA) is 95.4 Å². The monoisotopic (exact) mass is 512 g/mol. The predicted molar refractivity (Wildman–Crippen MR) is 139 cm³/mol. The van der Waals surface area contributed by atoms with Crippen molar-refractivity contribution in [3.05, 3.63) is 88.2 Å². The minimum atomic E-state index is -1.16. The van der Waals surface area contributed by atoms with Crippen LogP contribution in [0.15, 0.2) is 67.0 Å². The highest BCUT2D eigenvalue weighted by Gasteiger charge is 2.22. The quantitative estimate of drug-likeness (QED) is 0.326. The first kappa shape index (κ1) is 26.2. The number of carbonyl (C=O) groups is 2. The molecular formula is C26H26Cl2N4O3. The number of nitrogens with zero attached hydrogens (tertiary/aromatic N) is 3. The number of carboxylic acids is 1. The van der Waals surface area contributed by atoms with Crippen molar-refractivity contribution in [3.8, 4) is 0 Å². The van der Waals surface area contributed by atoms with E-state index in [0.717, 1.165) is 30.6 Å². The van der Waals surface area contributed by atoms with E-state index in [-0.39, 0.29) is 22.0 Å². The summed E-state index contributed by atoms with van der Waals surface area (Å²) in [4.78, 5) is 35.0. The molecule has 0 aliphatic rings. The molecule has 0 saturated heterocycles. The van der Waals surface area contributed by atoms with Gasteiger partial charge in [0.25, 0.3) is 5.91 Å². The second-order valence-corrected chi connectivity index (χ2v) is 8.56. The molecule has 7 nitrogen and oxygen atoms in total. The van der Waals surface area contributed by atoms with E-state index < -0.39 is 17.9 Å². The molecule has 0 aliphatic carbocycles. The summed E-state index contributed by atoms with van der Waals surface area (Å²) in [5.74, 6) is -1.15. The van der Waals surface area contributed by atoms with Gasteiger partial charge in [0, 0.05) is 24.6 Å². The molecular weight excluding hydrogens is 487 g/mol. The van der Waals surface area contributed by atoms with E-state index in [1.165, 1.54) is 12.1 Å². The zero-order valence-electron chi connectivity index (χ0n) is 19.2. The number of hydrogen-bond donors (Lipinski definition) is 2. The van der Waals surface area contributed by atoms with E-state index >= 15 is 0 Å². The molecule has 3 rings (SSSR count). The number of amides is 1. The first-order valence-electron chi connectivity index (χ1n) is 11.2. The molecule has 1 amide bonds. The molecule has 9 heteroatoms. The van der Waals surface area contributed by atoms with Crippen LogP contribution in [-0.2, 0) is 4.79 Å². The average molecular weight is 513 g/mol. The van der Waals surface area contributed by atoms with Gasteiger partial charge in [0.05, 0.1) is 15.6 Å². The molecule has 1 atom stereocenters. The van der Waals surface area contributed by atoms with Crippen LogP contribution in [0.1, 0.15) is 42.1 Å². The molecule has 0 aliphatic heterocycles. The number of unbranched alkanes of at least 4 members (excludes halogenated alkanes) is 1. The first-order valence-corrected chi connectivity index (χ1v) is 11.9. The summed E-state index contributed by atoms with van der Waals surface area (Å²) >= 11 is 12.1. The second-order valence-electron chi connectivity index (χ2n) is 7.74. The number of aromatic nitrogens is 2. The molecule has 0 saturated carbocycles. The van der Waals surface area contributed by atoms with Gasteiger partial charge in [-0.1, -0.05) is 66.9 Å². The largest absolute Gasteiger partial charge is 0.480 e. The molecule has 182 valence electrons. The highest BCUT2D eigenvalue weighted by atomic mass is 35.5. The smallest absolute Gasteiger partial charge is 0.326 e. The fraction of sp³-hybridized carbons (Fsp3) is 0.231. The van der Waals surface area contributed by atoms with Crippen molar-refractivity contribution in [1.82, 2.24) is 15.3 Å². The Morgan fingerprint density at radius 2 is 1.71 bits per heavy atom. The predicted octanol–water partition coefficient (Wildman–Crippen LogP) is 6.01. The minimum absolute atomic E-state index is 0.0525. The molecule has 0 radical (unpaired) electrons. The molecule has 3 aromatic rings. The highest BCUT2D eigenvalue weighted by Crippen LogP contribution is 2.25. The second kappa shape index (κ2) is 12.9. The van der Waals surface area contributed by atoms with Crippen LogP contribution >= 0.6 is 23.2 Å². The fourth-order valence-electron chi connectivity index (χ4n) is 3.36. The van der Waals surface area contributed by atoms with Crippen LogP contribution < -0.4 is 10.2 Å². The third-order valence-corrected chi connectivity index (χ3v) is 5.84. The number of carboxylic acid groups (broad SMARTS) is 1. The standard InChI is InChI=1S/C26H26Cl2N4O3/c1-2-3-17-32(26-29-15-6-16-30-26)19-13-11-18(12-14-19)7-4-10-22(25(34)35)31-24(33)23-20(27)8-5-9-21(23)28/h4-9,11-16,22H,2-3,10,17H2,1H3,(H,31,33)(H,34,35)/b7-4+. The molecule has 0 fully saturated rings. The molecule has 2 N–H and O–H groups in total. The maximum absolute atomic E-state index is 12.5. The third-order valence-electron chi connectivity index (χ3n) is 5.21. The molecule has 1 unspecified atom stereocenters. The maximum atomic E-state index is 12.5. The fourth-order valence-corrected chi connectivity index (χ4v) is 3.93. The van der Waals surface area contributed by atoms with E-state index in [0.29, 0.717) is 5.95 Å². The summed E-state index contributed by atoms with van der Waals surface area (Å²) in [6.07, 6.45) is 9.09. The summed E-state index contributed by atoms with van der Waals surface area (Å²) < 4.78 is 0. The highest BCUT2D eigenvalue weighted by molar-refractivity contribution is 6.39. The van der Waals surface area contributed by atoms with Crippen molar-refractivity contribution in [2.24, 2.45) is 0 Å². The van der Waals surface area contributed by atoms with Gasteiger partial charge >= 0.3 is 5.97 Å². The Kier molecular flexibility index (Phi) is 9.64. The van der Waals surface area contributed by atoms with Gasteiger partial charge in [-0.25, -0.2) is 14.8 Å². The lowest BCUT2D eigenvalue weighted by Crippen LogP contribution is -2.40. The van der Waals surface area contributed by atoms with Crippen LogP contribution in [0.2, 0.25) is 10.0 Å². The van der Waals surface area contributed by atoms with Crippen molar-refractivity contribution in [2.45, 2.75) is 32.2 Å².